The van der Waals surface area contributed by atoms with Crippen molar-refractivity contribution in [3.63, 3.8) is 0 Å². The van der Waals surface area contributed by atoms with Gasteiger partial charge in [0.15, 0.2) is 11.2 Å². The predicted molar refractivity (Wildman–Crippen MR) is 132 cm³/mol. The van der Waals surface area contributed by atoms with E-state index in [0.717, 1.165) is 55.0 Å². The Balaban J connectivity index is 1.85. The van der Waals surface area contributed by atoms with Crippen LogP contribution in [-0.2, 0) is 0 Å². The summed E-state index contributed by atoms with van der Waals surface area (Å²) in [6.07, 6.45) is 0. The highest BCUT2D eigenvalue weighted by Gasteiger charge is 2.25. The van der Waals surface area contributed by atoms with Crippen LogP contribution in [0.5, 0.6) is 0 Å². The molecular formula is C30H18O2. The van der Waals surface area contributed by atoms with Crippen molar-refractivity contribution in [2.24, 2.45) is 0 Å². The minimum absolute atomic E-state index is 0.802. The topological polar surface area (TPSA) is 26.3 Å². The Morgan fingerprint density at radius 3 is 1.19 bits per heavy atom. The Morgan fingerprint density at radius 2 is 0.750 bits per heavy atom. The molecule has 0 N–H and O–H groups in total. The van der Waals surface area contributed by atoms with Crippen LogP contribution in [0.25, 0.3) is 66.1 Å². The molecule has 0 amide bonds. The summed E-state index contributed by atoms with van der Waals surface area (Å²) in [5, 5.41) is 4.39. The Kier molecular flexibility index (Phi) is 3.58. The van der Waals surface area contributed by atoms with Gasteiger partial charge in [0.05, 0.1) is 0 Å². The molecule has 0 saturated heterocycles. The Bertz CT molecular complexity index is 1620. The van der Waals surface area contributed by atoms with E-state index < -0.39 is 0 Å². The summed E-state index contributed by atoms with van der Waals surface area (Å²) in [5.74, 6) is 0. The fourth-order valence-corrected chi connectivity index (χ4v) is 4.94. The Morgan fingerprint density at radius 1 is 0.375 bits per heavy atom. The zero-order valence-corrected chi connectivity index (χ0v) is 17.2. The standard InChI is InChI=1S/C30H18O2/c1-3-11-19(12-4-1)25-26(20-13-5-2-6-14-20)28-22-16-8-10-18-24(22)32-30(28)29-27(25)21-15-7-9-17-23(21)31-29/h1-18H. The average Bonchev–Trinajstić information content (AvgIpc) is 3.43. The van der Waals surface area contributed by atoms with E-state index in [1.165, 1.54) is 11.1 Å². The van der Waals surface area contributed by atoms with E-state index in [-0.39, 0.29) is 0 Å². The number of fused-ring (bicyclic) bond motifs is 7. The fraction of sp³-hybridized carbons (Fsp3) is 0. The lowest BCUT2D eigenvalue weighted by molar-refractivity contribution is 0.633. The molecule has 0 radical (unpaired) electrons. The van der Waals surface area contributed by atoms with Crippen LogP contribution in [0.3, 0.4) is 0 Å². The number of hydrogen-bond donors (Lipinski definition) is 0. The van der Waals surface area contributed by atoms with Crippen molar-refractivity contribution in [1.29, 1.82) is 0 Å². The highest BCUT2D eigenvalue weighted by molar-refractivity contribution is 6.30. The molecule has 2 heterocycles. The molecule has 0 saturated carbocycles. The minimum atomic E-state index is 0.802. The van der Waals surface area contributed by atoms with Crippen LogP contribution in [0, 0.1) is 0 Å². The van der Waals surface area contributed by atoms with Gasteiger partial charge in [-0.2, -0.15) is 0 Å². The van der Waals surface area contributed by atoms with E-state index in [2.05, 4.69) is 84.9 Å². The third-order valence-electron chi connectivity index (χ3n) is 6.27. The molecule has 0 aliphatic carbocycles. The van der Waals surface area contributed by atoms with Crippen LogP contribution in [0.15, 0.2) is 118 Å². The largest absolute Gasteiger partial charge is 0.452 e. The van der Waals surface area contributed by atoms with Gasteiger partial charge < -0.3 is 8.83 Å². The Labute approximate surface area is 184 Å². The molecule has 7 aromatic rings. The van der Waals surface area contributed by atoms with E-state index in [4.69, 9.17) is 8.83 Å². The summed E-state index contributed by atoms with van der Waals surface area (Å²) in [7, 11) is 0. The first kappa shape index (κ1) is 17.4. The van der Waals surface area contributed by atoms with Crippen molar-refractivity contribution in [3.05, 3.63) is 109 Å². The number of hydrogen-bond acceptors (Lipinski definition) is 2. The summed E-state index contributed by atoms with van der Waals surface area (Å²) >= 11 is 0. The third-order valence-corrected chi connectivity index (χ3v) is 6.27. The lowest BCUT2D eigenvalue weighted by Gasteiger charge is -2.14. The van der Waals surface area contributed by atoms with E-state index in [1.807, 2.05) is 24.3 Å². The first-order valence-corrected chi connectivity index (χ1v) is 10.8. The van der Waals surface area contributed by atoms with Crippen molar-refractivity contribution >= 4 is 43.9 Å². The molecular weight excluding hydrogens is 392 g/mol. The zero-order chi connectivity index (χ0) is 21.1. The van der Waals surface area contributed by atoms with Gasteiger partial charge in [0.1, 0.15) is 11.2 Å². The number of rotatable bonds is 2. The van der Waals surface area contributed by atoms with Crippen LogP contribution in [-0.4, -0.2) is 0 Å². The number of furan rings is 2. The summed E-state index contributed by atoms with van der Waals surface area (Å²) in [4.78, 5) is 0. The van der Waals surface area contributed by atoms with Gasteiger partial charge in [-0.3, -0.25) is 0 Å². The third kappa shape index (κ3) is 2.35. The smallest absolute Gasteiger partial charge is 0.179 e. The summed E-state index contributed by atoms with van der Waals surface area (Å²) in [6.45, 7) is 0. The van der Waals surface area contributed by atoms with E-state index in [1.54, 1.807) is 0 Å². The molecule has 0 aliphatic heterocycles. The second-order valence-corrected chi connectivity index (χ2v) is 8.09. The molecule has 0 bridgehead atoms. The van der Waals surface area contributed by atoms with Crippen LogP contribution in [0.2, 0.25) is 0 Å². The maximum Gasteiger partial charge on any atom is 0.179 e. The quantitative estimate of drug-likeness (QED) is 0.284. The van der Waals surface area contributed by atoms with E-state index in [9.17, 15) is 0 Å². The minimum Gasteiger partial charge on any atom is -0.452 e. The van der Waals surface area contributed by atoms with Crippen LogP contribution in [0.4, 0.5) is 0 Å². The molecule has 150 valence electrons. The average molecular weight is 410 g/mol. The monoisotopic (exact) mass is 410 g/mol. The predicted octanol–water partition coefficient (Wildman–Crippen LogP) is 8.82. The lowest BCUT2D eigenvalue weighted by Crippen LogP contribution is -1.89. The molecule has 32 heavy (non-hydrogen) atoms. The van der Waals surface area contributed by atoms with Gasteiger partial charge in [-0.05, 0) is 23.3 Å². The highest BCUT2D eigenvalue weighted by atomic mass is 16.4. The molecule has 2 heteroatoms. The molecule has 0 spiro atoms. The molecule has 5 aromatic carbocycles. The van der Waals surface area contributed by atoms with Gasteiger partial charge in [-0.15, -0.1) is 0 Å². The van der Waals surface area contributed by atoms with Gasteiger partial charge in [0, 0.05) is 32.7 Å². The maximum absolute atomic E-state index is 6.45. The summed E-state index contributed by atoms with van der Waals surface area (Å²) < 4.78 is 12.9. The van der Waals surface area contributed by atoms with Gasteiger partial charge in [0.25, 0.3) is 0 Å². The van der Waals surface area contributed by atoms with Crippen LogP contribution in [0.1, 0.15) is 0 Å². The van der Waals surface area contributed by atoms with Gasteiger partial charge >= 0.3 is 0 Å². The number of para-hydroxylation sites is 2. The SMILES string of the molecule is c1ccc(-c2c(-c3ccccc3)c3c4ccccc4oc3c3oc4ccccc4c23)cc1. The molecule has 7 rings (SSSR count). The van der Waals surface area contributed by atoms with Crippen molar-refractivity contribution in [2.75, 3.05) is 0 Å². The van der Waals surface area contributed by atoms with Crippen molar-refractivity contribution in [3.8, 4) is 22.3 Å². The maximum atomic E-state index is 6.45. The van der Waals surface area contributed by atoms with Crippen molar-refractivity contribution in [1.82, 2.24) is 0 Å². The van der Waals surface area contributed by atoms with Crippen LogP contribution >= 0.6 is 0 Å². The number of benzene rings is 5. The molecule has 0 fully saturated rings. The first-order valence-electron chi connectivity index (χ1n) is 10.8. The lowest BCUT2D eigenvalue weighted by atomic mass is 9.87. The molecule has 0 aliphatic rings. The molecule has 0 unspecified atom stereocenters. The van der Waals surface area contributed by atoms with E-state index >= 15 is 0 Å². The highest BCUT2D eigenvalue weighted by Crippen LogP contribution is 2.50. The van der Waals surface area contributed by atoms with Crippen molar-refractivity contribution in [2.45, 2.75) is 0 Å². The van der Waals surface area contributed by atoms with Crippen molar-refractivity contribution < 1.29 is 8.83 Å². The van der Waals surface area contributed by atoms with Gasteiger partial charge in [-0.25, -0.2) is 0 Å². The fourth-order valence-electron chi connectivity index (χ4n) is 4.94. The molecule has 0 atom stereocenters. The molecule has 2 nitrogen and oxygen atoms in total. The summed E-state index contributed by atoms with van der Waals surface area (Å²) in [6, 6.07) is 37.7. The molecule has 2 aromatic heterocycles. The Hall–Kier alpha value is -4.30. The second-order valence-electron chi connectivity index (χ2n) is 8.09. The van der Waals surface area contributed by atoms with Crippen LogP contribution < -0.4 is 0 Å². The van der Waals surface area contributed by atoms with E-state index in [0.29, 0.717) is 0 Å². The van der Waals surface area contributed by atoms with Gasteiger partial charge in [-0.1, -0.05) is 97.1 Å². The zero-order valence-electron chi connectivity index (χ0n) is 17.2. The van der Waals surface area contributed by atoms with Gasteiger partial charge in [0.2, 0.25) is 0 Å². The summed E-state index contributed by atoms with van der Waals surface area (Å²) in [5.41, 5.74) is 8.02. The second kappa shape index (κ2) is 6.60. The normalized spacial score (nSPS) is 11.8. The first-order chi connectivity index (χ1) is 15.9.